The largest absolute Gasteiger partial charge is 0.446 e. The van der Waals surface area contributed by atoms with Gasteiger partial charge in [0, 0.05) is 13.1 Å². The van der Waals surface area contributed by atoms with Gasteiger partial charge in [-0.05, 0) is 59.3 Å². The van der Waals surface area contributed by atoms with Crippen molar-refractivity contribution >= 4 is 33.6 Å². The van der Waals surface area contributed by atoms with Gasteiger partial charge in [0.1, 0.15) is 0 Å². The van der Waals surface area contributed by atoms with E-state index in [1.807, 2.05) is 46.7 Å². The number of piperidine rings is 1. The molecule has 0 saturated carbocycles. The van der Waals surface area contributed by atoms with E-state index in [1.165, 1.54) is 11.8 Å². The molecule has 0 bridgehead atoms. The lowest BCUT2D eigenvalue weighted by Crippen LogP contribution is -2.41. The number of hydrogen-bond acceptors (Lipinski definition) is 5. The predicted molar refractivity (Wildman–Crippen MR) is 121 cm³/mol. The van der Waals surface area contributed by atoms with Crippen LogP contribution in [0, 0.1) is 5.92 Å². The standard InChI is InChI=1S/C22H25BrN4O2S/c1-15-10-12-26(13-11-15)21(28)16(2)30-22-25-24-20(18-8-9-19(23)29-18)27(22)14-17-6-4-3-5-7-17/h3-9,15-16H,10-14H2,1-2H3. The van der Waals surface area contributed by atoms with Gasteiger partial charge in [-0.25, -0.2) is 0 Å². The van der Waals surface area contributed by atoms with E-state index in [1.54, 1.807) is 0 Å². The fourth-order valence-electron chi connectivity index (χ4n) is 3.60. The first-order valence-corrected chi connectivity index (χ1v) is 11.9. The molecule has 2 aromatic heterocycles. The second-order valence-corrected chi connectivity index (χ2v) is 9.84. The third-order valence-corrected chi connectivity index (χ3v) is 6.91. The summed E-state index contributed by atoms with van der Waals surface area (Å²) >= 11 is 4.81. The van der Waals surface area contributed by atoms with Crippen LogP contribution in [0.1, 0.15) is 32.3 Å². The highest BCUT2D eigenvalue weighted by molar-refractivity contribution is 9.10. The summed E-state index contributed by atoms with van der Waals surface area (Å²) in [5.74, 6) is 2.16. The van der Waals surface area contributed by atoms with Crippen LogP contribution in [-0.4, -0.2) is 43.9 Å². The van der Waals surface area contributed by atoms with Crippen molar-refractivity contribution in [1.29, 1.82) is 0 Å². The second-order valence-electron chi connectivity index (χ2n) is 7.75. The summed E-state index contributed by atoms with van der Waals surface area (Å²) in [7, 11) is 0. The van der Waals surface area contributed by atoms with Gasteiger partial charge in [-0.2, -0.15) is 0 Å². The van der Waals surface area contributed by atoms with Crippen molar-refractivity contribution in [2.75, 3.05) is 13.1 Å². The number of furan rings is 1. The minimum atomic E-state index is -0.228. The molecule has 1 atom stereocenters. The van der Waals surface area contributed by atoms with E-state index < -0.39 is 0 Å². The number of nitrogens with zero attached hydrogens (tertiary/aromatic N) is 4. The maximum absolute atomic E-state index is 13.0. The maximum Gasteiger partial charge on any atom is 0.235 e. The fraction of sp³-hybridized carbons (Fsp3) is 0.409. The summed E-state index contributed by atoms with van der Waals surface area (Å²) in [6.45, 7) is 6.49. The Labute approximate surface area is 189 Å². The SMILES string of the molecule is CC1CCN(C(=O)C(C)Sc2nnc(-c3ccc(Br)o3)n2Cc2ccccc2)CC1. The molecule has 0 radical (unpaired) electrons. The van der Waals surface area contributed by atoms with Crippen LogP contribution in [0.5, 0.6) is 0 Å². The van der Waals surface area contributed by atoms with Crippen LogP contribution in [0.3, 0.4) is 0 Å². The molecule has 3 heterocycles. The Morgan fingerprint density at radius 3 is 2.60 bits per heavy atom. The first kappa shape index (κ1) is 21.2. The Bertz CT molecular complexity index is 996. The van der Waals surface area contributed by atoms with E-state index in [9.17, 15) is 4.79 Å². The maximum atomic E-state index is 13.0. The number of amides is 1. The molecule has 0 N–H and O–H groups in total. The highest BCUT2D eigenvalue weighted by Crippen LogP contribution is 2.31. The number of likely N-dealkylation sites (tertiary alicyclic amines) is 1. The third kappa shape index (κ3) is 4.81. The molecule has 0 aliphatic carbocycles. The predicted octanol–water partition coefficient (Wildman–Crippen LogP) is 5.09. The van der Waals surface area contributed by atoms with E-state index in [0.29, 0.717) is 33.9 Å². The van der Waals surface area contributed by atoms with Gasteiger partial charge in [0.05, 0.1) is 11.8 Å². The minimum absolute atomic E-state index is 0.170. The lowest BCUT2D eigenvalue weighted by molar-refractivity contribution is -0.131. The molecule has 8 heteroatoms. The number of carbonyl (C=O) groups excluding carboxylic acids is 1. The van der Waals surface area contributed by atoms with Crippen LogP contribution in [0.4, 0.5) is 0 Å². The molecular weight excluding hydrogens is 464 g/mol. The van der Waals surface area contributed by atoms with Gasteiger partial charge in [0.2, 0.25) is 11.7 Å². The number of carbonyl (C=O) groups is 1. The minimum Gasteiger partial charge on any atom is -0.446 e. The van der Waals surface area contributed by atoms with Gasteiger partial charge in [0.25, 0.3) is 0 Å². The molecule has 1 aliphatic rings. The highest BCUT2D eigenvalue weighted by Gasteiger charge is 2.27. The summed E-state index contributed by atoms with van der Waals surface area (Å²) in [4.78, 5) is 15.0. The van der Waals surface area contributed by atoms with Crippen molar-refractivity contribution in [3.05, 3.63) is 52.7 Å². The van der Waals surface area contributed by atoms with Gasteiger partial charge in [-0.3, -0.25) is 9.36 Å². The first-order chi connectivity index (χ1) is 14.5. The Balaban J connectivity index is 1.57. The lowest BCUT2D eigenvalue weighted by atomic mass is 9.99. The average Bonchev–Trinajstić information content (AvgIpc) is 3.35. The van der Waals surface area contributed by atoms with Crippen LogP contribution in [0.2, 0.25) is 0 Å². The van der Waals surface area contributed by atoms with Gasteiger partial charge in [-0.15, -0.1) is 10.2 Å². The molecule has 0 spiro atoms. The van der Waals surface area contributed by atoms with Crippen molar-refractivity contribution in [2.45, 2.75) is 43.6 Å². The monoisotopic (exact) mass is 488 g/mol. The third-order valence-electron chi connectivity index (χ3n) is 5.42. The van der Waals surface area contributed by atoms with Crippen LogP contribution in [0.15, 0.2) is 56.7 Å². The van der Waals surface area contributed by atoms with Gasteiger partial charge >= 0.3 is 0 Å². The van der Waals surface area contributed by atoms with Crippen LogP contribution >= 0.6 is 27.7 Å². The molecule has 1 saturated heterocycles. The fourth-order valence-corrected chi connectivity index (χ4v) is 4.83. The number of halogens is 1. The molecule has 30 heavy (non-hydrogen) atoms. The highest BCUT2D eigenvalue weighted by atomic mass is 79.9. The number of benzene rings is 1. The van der Waals surface area contributed by atoms with Crippen LogP contribution in [-0.2, 0) is 11.3 Å². The zero-order valence-electron chi connectivity index (χ0n) is 17.1. The molecule has 158 valence electrons. The zero-order chi connectivity index (χ0) is 21.1. The van der Waals surface area contributed by atoms with Crippen molar-refractivity contribution < 1.29 is 9.21 Å². The molecule has 3 aromatic rings. The van der Waals surface area contributed by atoms with Crippen molar-refractivity contribution in [3.63, 3.8) is 0 Å². The summed E-state index contributed by atoms with van der Waals surface area (Å²) in [5, 5.41) is 9.28. The Morgan fingerprint density at radius 2 is 1.93 bits per heavy atom. The van der Waals surface area contributed by atoms with E-state index in [0.717, 1.165) is 31.5 Å². The Morgan fingerprint density at radius 1 is 1.20 bits per heavy atom. The van der Waals surface area contributed by atoms with Gasteiger partial charge in [-0.1, -0.05) is 49.0 Å². The molecule has 1 aliphatic heterocycles. The molecular formula is C22H25BrN4O2S. The molecule has 6 nitrogen and oxygen atoms in total. The van der Waals surface area contributed by atoms with Crippen LogP contribution < -0.4 is 0 Å². The summed E-state index contributed by atoms with van der Waals surface area (Å²) in [6, 6.07) is 13.9. The van der Waals surface area contributed by atoms with Gasteiger partial charge in [0.15, 0.2) is 15.6 Å². The van der Waals surface area contributed by atoms with Crippen molar-refractivity contribution in [1.82, 2.24) is 19.7 Å². The Kier molecular flexibility index (Phi) is 6.63. The summed E-state index contributed by atoms with van der Waals surface area (Å²) in [6.07, 6.45) is 2.15. The molecule has 1 aromatic carbocycles. The van der Waals surface area contributed by atoms with E-state index in [2.05, 4.69) is 45.2 Å². The topological polar surface area (TPSA) is 64.2 Å². The number of thioether (sulfide) groups is 1. The summed E-state index contributed by atoms with van der Waals surface area (Å²) < 4.78 is 8.39. The van der Waals surface area contributed by atoms with E-state index in [-0.39, 0.29) is 11.2 Å². The van der Waals surface area contributed by atoms with E-state index in [4.69, 9.17) is 4.42 Å². The second kappa shape index (κ2) is 9.39. The smallest absolute Gasteiger partial charge is 0.235 e. The summed E-state index contributed by atoms with van der Waals surface area (Å²) in [5.41, 5.74) is 1.13. The Hall–Kier alpha value is -2.06. The molecule has 4 rings (SSSR count). The zero-order valence-corrected chi connectivity index (χ0v) is 19.5. The number of aromatic nitrogens is 3. The van der Waals surface area contributed by atoms with Crippen LogP contribution in [0.25, 0.3) is 11.6 Å². The number of hydrogen-bond donors (Lipinski definition) is 0. The van der Waals surface area contributed by atoms with Crippen molar-refractivity contribution in [3.8, 4) is 11.6 Å². The molecule has 1 fully saturated rings. The normalized spacial score (nSPS) is 16.0. The quantitative estimate of drug-likeness (QED) is 0.452. The van der Waals surface area contributed by atoms with Crippen molar-refractivity contribution in [2.24, 2.45) is 5.92 Å². The van der Waals surface area contributed by atoms with E-state index >= 15 is 0 Å². The first-order valence-electron chi connectivity index (χ1n) is 10.2. The average molecular weight is 489 g/mol. The molecule has 1 unspecified atom stereocenters. The number of rotatable bonds is 6. The van der Waals surface area contributed by atoms with Gasteiger partial charge < -0.3 is 9.32 Å². The molecule has 1 amide bonds. The lowest BCUT2D eigenvalue weighted by Gasteiger charge is -2.32.